The number of hydrogen-bond acceptors (Lipinski definition) is 5. The summed E-state index contributed by atoms with van der Waals surface area (Å²) in [5.74, 6) is 0.599. The van der Waals surface area contributed by atoms with Gasteiger partial charge >= 0.3 is 5.97 Å². The molecule has 0 N–H and O–H groups in total. The number of esters is 1. The highest BCUT2D eigenvalue weighted by molar-refractivity contribution is 14.1. The number of carbonyl (C=O) groups is 1. The number of nitrogens with zero attached hydrogens (tertiary/aromatic N) is 1. The van der Waals surface area contributed by atoms with Gasteiger partial charge in [-0.15, -0.1) is 0 Å². The zero-order valence-electron chi connectivity index (χ0n) is 20.2. The quantitative estimate of drug-likeness (QED) is 0.105. The molecule has 1 aliphatic rings. The van der Waals surface area contributed by atoms with E-state index >= 15 is 0 Å². The fraction of sp³-hybridized carbons (Fsp3) is 0.0667. The second-order valence-corrected chi connectivity index (χ2v) is 10.9. The molecule has 0 saturated heterocycles. The maximum Gasteiger partial charge on any atom is 0.363 e. The zero-order chi connectivity index (χ0) is 27.4. The van der Waals surface area contributed by atoms with E-state index in [1.807, 2.05) is 48.5 Å². The van der Waals surface area contributed by atoms with Gasteiger partial charge in [0.05, 0.1) is 10.6 Å². The van der Waals surface area contributed by atoms with Crippen molar-refractivity contribution in [1.29, 1.82) is 0 Å². The van der Waals surface area contributed by atoms with E-state index in [1.54, 1.807) is 42.5 Å². The van der Waals surface area contributed by atoms with E-state index in [-0.39, 0.29) is 24.8 Å². The molecule has 0 aromatic heterocycles. The lowest BCUT2D eigenvalue weighted by Crippen LogP contribution is -2.06. The molecule has 0 spiro atoms. The summed E-state index contributed by atoms with van der Waals surface area (Å²) in [6.07, 6.45) is 1.61. The Morgan fingerprint density at radius 3 is 2.15 bits per heavy atom. The van der Waals surface area contributed by atoms with Crippen LogP contribution in [0.1, 0.15) is 22.3 Å². The van der Waals surface area contributed by atoms with Crippen LogP contribution in [0, 0.1) is 3.57 Å². The van der Waals surface area contributed by atoms with Crippen molar-refractivity contribution >= 4 is 75.3 Å². The van der Waals surface area contributed by atoms with E-state index in [0.717, 1.165) is 14.7 Å². The van der Waals surface area contributed by atoms with E-state index in [4.69, 9.17) is 49.0 Å². The number of cyclic esters (lactones) is 1. The van der Waals surface area contributed by atoms with E-state index in [0.29, 0.717) is 37.7 Å². The molecule has 5 rings (SSSR count). The predicted molar refractivity (Wildman–Crippen MR) is 163 cm³/mol. The molecular weight excluding hydrogens is 672 g/mol. The van der Waals surface area contributed by atoms with Crippen molar-refractivity contribution in [3.8, 4) is 11.5 Å². The van der Waals surface area contributed by atoms with Crippen LogP contribution in [0.15, 0.2) is 95.6 Å². The Hall–Kier alpha value is -3.04. The number of aliphatic imine (C=N–C) groups is 1. The first-order valence-corrected chi connectivity index (χ1v) is 13.9. The fourth-order valence-electron chi connectivity index (χ4n) is 3.73. The van der Waals surface area contributed by atoms with E-state index in [9.17, 15) is 4.79 Å². The Balaban J connectivity index is 1.46. The number of ether oxygens (including phenoxy) is 3. The standard InChI is InChI=1S/C30H19Cl3INO4/c31-24-7-3-1-5-19(24)16-37-22-11-9-18(28(15-22)38-17-20-6-2-4-8-25(20)32)13-27-30(36)39-29(35-27)23-14-21(34)10-12-26(23)33/h1-15H,16-17H2/b27-13-. The van der Waals surface area contributed by atoms with Gasteiger partial charge in [0.15, 0.2) is 5.70 Å². The van der Waals surface area contributed by atoms with Gasteiger partial charge in [0.1, 0.15) is 24.7 Å². The van der Waals surface area contributed by atoms with E-state index in [1.165, 1.54) is 0 Å². The van der Waals surface area contributed by atoms with Gasteiger partial charge in [-0.1, -0.05) is 71.2 Å². The van der Waals surface area contributed by atoms with E-state index in [2.05, 4.69) is 27.6 Å². The molecule has 39 heavy (non-hydrogen) atoms. The monoisotopic (exact) mass is 689 g/mol. The molecule has 4 aromatic carbocycles. The Labute approximate surface area is 254 Å². The largest absolute Gasteiger partial charge is 0.489 e. The summed E-state index contributed by atoms with van der Waals surface area (Å²) in [4.78, 5) is 17.1. The van der Waals surface area contributed by atoms with Crippen LogP contribution in [0.4, 0.5) is 0 Å². The molecule has 0 unspecified atom stereocenters. The van der Waals surface area contributed by atoms with E-state index < -0.39 is 5.97 Å². The molecule has 0 amide bonds. The number of hydrogen-bond donors (Lipinski definition) is 0. The van der Waals surface area contributed by atoms with Crippen LogP contribution < -0.4 is 9.47 Å². The molecule has 1 aliphatic heterocycles. The number of halogens is 4. The van der Waals surface area contributed by atoms with Gasteiger partial charge in [0.2, 0.25) is 5.90 Å². The third-order valence-electron chi connectivity index (χ3n) is 5.75. The van der Waals surface area contributed by atoms with Crippen LogP contribution >= 0.6 is 57.4 Å². The van der Waals surface area contributed by atoms with Crippen molar-refractivity contribution in [2.24, 2.45) is 4.99 Å². The topological polar surface area (TPSA) is 57.1 Å². The molecule has 0 atom stereocenters. The Morgan fingerprint density at radius 1 is 0.795 bits per heavy atom. The van der Waals surface area contributed by atoms with Crippen LogP contribution in [0.25, 0.3) is 6.08 Å². The smallest absolute Gasteiger partial charge is 0.363 e. The second kappa shape index (κ2) is 12.4. The first kappa shape index (κ1) is 27.5. The van der Waals surface area contributed by atoms with Crippen molar-refractivity contribution in [1.82, 2.24) is 0 Å². The van der Waals surface area contributed by atoms with Gasteiger partial charge in [-0.05, 0) is 71.1 Å². The second-order valence-electron chi connectivity index (χ2n) is 8.42. The van der Waals surface area contributed by atoms with Crippen molar-refractivity contribution in [3.63, 3.8) is 0 Å². The fourth-order valence-corrected chi connectivity index (χ4v) is 4.80. The first-order chi connectivity index (χ1) is 18.9. The summed E-state index contributed by atoms with van der Waals surface area (Å²) in [5, 5.41) is 1.65. The van der Waals surface area contributed by atoms with Gasteiger partial charge in [-0.3, -0.25) is 0 Å². The number of carbonyl (C=O) groups excluding carboxylic acids is 1. The molecule has 0 saturated carbocycles. The molecule has 1 heterocycles. The first-order valence-electron chi connectivity index (χ1n) is 11.7. The summed E-state index contributed by atoms with van der Waals surface area (Å²) in [5.41, 5.74) is 2.94. The molecule has 0 radical (unpaired) electrons. The Kier molecular flexibility index (Phi) is 8.77. The Morgan fingerprint density at radius 2 is 1.46 bits per heavy atom. The highest BCUT2D eigenvalue weighted by atomic mass is 127. The summed E-state index contributed by atoms with van der Waals surface area (Å²) >= 11 is 21.1. The number of benzene rings is 4. The molecule has 4 aromatic rings. The predicted octanol–water partition coefficient (Wildman–Crippen LogP) is 8.75. The molecule has 0 aliphatic carbocycles. The van der Waals surface area contributed by atoms with Crippen molar-refractivity contribution < 1.29 is 19.0 Å². The summed E-state index contributed by atoms with van der Waals surface area (Å²) < 4.78 is 18.5. The van der Waals surface area contributed by atoms with Crippen molar-refractivity contribution in [2.45, 2.75) is 13.2 Å². The average molecular weight is 691 g/mol. The molecule has 9 heteroatoms. The Bertz CT molecular complexity index is 1620. The number of rotatable bonds is 8. The lowest BCUT2D eigenvalue weighted by molar-refractivity contribution is -0.129. The average Bonchev–Trinajstić information content (AvgIpc) is 3.29. The van der Waals surface area contributed by atoms with Crippen LogP contribution in [-0.2, 0) is 22.7 Å². The third kappa shape index (κ3) is 6.76. The van der Waals surface area contributed by atoms with Gasteiger partial charge in [-0.2, -0.15) is 0 Å². The van der Waals surface area contributed by atoms with Gasteiger partial charge in [-0.25, -0.2) is 9.79 Å². The van der Waals surface area contributed by atoms with Crippen LogP contribution in [-0.4, -0.2) is 11.9 Å². The lowest BCUT2D eigenvalue weighted by atomic mass is 10.1. The lowest BCUT2D eigenvalue weighted by Gasteiger charge is -2.14. The maximum absolute atomic E-state index is 12.7. The van der Waals surface area contributed by atoms with Gasteiger partial charge in [0, 0.05) is 36.4 Å². The highest BCUT2D eigenvalue weighted by Gasteiger charge is 2.26. The summed E-state index contributed by atoms with van der Waals surface area (Å²) in [6, 6.07) is 25.6. The summed E-state index contributed by atoms with van der Waals surface area (Å²) in [7, 11) is 0. The molecule has 0 fully saturated rings. The molecule has 5 nitrogen and oxygen atoms in total. The third-order valence-corrected chi connectivity index (χ3v) is 7.49. The minimum absolute atomic E-state index is 0.118. The maximum atomic E-state index is 12.7. The summed E-state index contributed by atoms with van der Waals surface area (Å²) in [6.45, 7) is 0.488. The zero-order valence-corrected chi connectivity index (χ0v) is 24.6. The highest BCUT2D eigenvalue weighted by Crippen LogP contribution is 2.32. The SMILES string of the molecule is O=C1OC(c2cc(I)ccc2Cl)=N/C1=C\c1ccc(OCc2ccccc2Cl)cc1OCc1ccccc1Cl. The molecular formula is C30H19Cl3INO4. The van der Waals surface area contributed by atoms with Crippen LogP contribution in [0.2, 0.25) is 15.1 Å². The minimum atomic E-state index is -0.587. The van der Waals surface area contributed by atoms with Crippen LogP contribution in [0.5, 0.6) is 11.5 Å². The van der Waals surface area contributed by atoms with Crippen molar-refractivity contribution in [2.75, 3.05) is 0 Å². The molecule has 0 bridgehead atoms. The van der Waals surface area contributed by atoms with Crippen molar-refractivity contribution in [3.05, 3.63) is 132 Å². The van der Waals surface area contributed by atoms with Crippen LogP contribution in [0.3, 0.4) is 0 Å². The normalized spacial score (nSPS) is 13.8. The minimum Gasteiger partial charge on any atom is -0.489 e. The van der Waals surface area contributed by atoms with Gasteiger partial charge < -0.3 is 14.2 Å². The van der Waals surface area contributed by atoms with Gasteiger partial charge in [0.25, 0.3) is 0 Å². The molecule has 196 valence electrons.